The lowest BCUT2D eigenvalue weighted by Crippen LogP contribution is -2.36. The molecule has 2 aromatic rings. The summed E-state index contributed by atoms with van der Waals surface area (Å²) in [5.74, 6) is -0.137. The first-order chi connectivity index (χ1) is 12.8. The second-order valence-electron chi connectivity index (χ2n) is 7.90. The highest BCUT2D eigenvalue weighted by Gasteiger charge is 2.40. The summed E-state index contributed by atoms with van der Waals surface area (Å²) in [6, 6.07) is 11.6. The van der Waals surface area contributed by atoms with Gasteiger partial charge in [-0.05, 0) is 74.7 Å². The zero-order valence-electron chi connectivity index (χ0n) is 15.8. The van der Waals surface area contributed by atoms with Crippen molar-refractivity contribution in [2.45, 2.75) is 60.5 Å². The van der Waals surface area contributed by atoms with Crippen LogP contribution < -0.4 is 10.2 Å². The maximum Gasteiger partial charge on any atom is 0.206 e. The van der Waals surface area contributed by atoms with Crippen molar-refractivity contribution < 1.29 is 12.8 Å². The molecule has 2 aliphatic heterocycles. The number of hydrogen-bond donors (Lipinski definition) is 1. The number of rotatable bonds is 2. The van der Waals surface area contributed by atoms with Gasteiger partial charge in [0.2, 0.25) is 9.84 Å². The Morgan fingerprint density at radius 1 is 1.00 bits per heavy atom. The first-order valence-corrected chi connectivity index (χ1v) is 10.9. The van der Waals surface area contributed by atoms with Crippen LogP contribution in [-0.2, 0) is 9.84 Å². The number of hydrogen-bond acceptors (Lipinski definition) is 4. The van der Waals surface area contributed by atoms with E-state index in [1.54, 1.807) is 6.07 Å². The number of halogens is 1. The number of benzene rings is 2. The van der Waals surface area contributed by atoms with Crippen LogP contribution in [0.4, 0.5) is 10.1 Å². The molecule has 1 N–H and O–H groups in total. The molecular formula is C21H25FN2O2S. The van der Waals surface area contributed by atoms with Gasteiger partial charge in [0.25, 0.3) is 0 Å². The second kappa shape index (κ2) is 6.60. The normalized spacial score (nSPS) is 27.8. The highest BCUT2D eigenvalue weighted by molar-refractivity contribution is 7.91. The van der Waals surface area contributed by atoms with Gasteiger partial charge < -0.3 is 10.2 Å². The van der Waals surface area contributed by atoms with Gasteiger partial charge in [-0.1, -0.05) is 0 Å². The minimum Gasteiger partial charge on any atom is -0.371 e. The fraction of sp³-hybridized carbons (Fsp3) is 0.429. The largest absolute Gasteiger partial charge is 0.371 e. The smallest absolute Gasteiger partial charge is 0.206 e. The van der Waals surface area contributed by atoms with Crippen LogP contribution >= 0.6 is 0 Å². The van der Waals surface area contributed by atoms with E-state index in [4.69, 9.17) is 0 Å². The molecule has 0 radical (unpaired) electrons. The summed E-state index contributed by atoms with van der Waals surface area (Å²) in [6.07, 6.45) is 2.01. The molecule has 144 valence electrons. The zero-order valence-corrected chi connectivity index (χ0v) is 16.6. The predicted molar refractivity (Wildman–Crippen MR) is 105 cm³/mol. The Balaban J connectivity index is 1.76. The van der Waals surface area contributed by atoms with Gasteiger partial charge >= 0.3 is 0 Å². The molecule has 6 heteroatoms. The van der Waals surface area contributed by atoms with Gasteiger partial charge in [0.05, 0.1) is 9.79 Å². The van der Waals surface area contributed by atoms with E-state index < -0.39 is 15.7 Å². The summed E-state index contributed by atoms with van der Waals surface area (Å²) >= 11 is 0. The van der Waals surface area contributed by atoms with Crippen molar-refractivity contribution in [3.05, 3.63) is 53.8 Å². The highest BCUT2D eigenvalue weighted by atomic mass is 32.2. The van der Waals surface area contributed by atoms with Crippen LogP contribution in [0.1, 0.15) is 38.2 Å². The van der Waals surface area contributed by atoms with Crippen molar-refractivity contribution in [2.24, 2.45) is 0 Å². The lowest BCUT2D eigenvalue weighted by molar-refractivity contribution is 0.466. The lowest BCUT2D eigenvalue weighted by atomic mass is 9.88. The molecule has 1 saturated heterocycles. The van der Waals surface area contributed by atoms with Gasteiger partial charge in [-0.15, -0.1) is 0 Å². The van der Waals surface area contributed by atoms with Crippen molar-refractivity contribution in [1.82, 2.24) is 5.32 Å². The van der Waals surface area contributed by atoms with E-state index >= 15 is 0 Å². The van der Waals surface area contributed by atoms with E-state index in [1.807, 2.05) is 12.1 Å². The molecule has 4 nitrogen and oxygen atoms in total. The molecule has 0 aliphatic carbocycles. The first-order valence-electron chi connectivity index (χ1n) is 9.41. The van der Waals surface area contributed by atoms with Gasteiger partial charge in [0.1, 0.15) is 5.82 Å². The topological polar surface area (TPSA) is 49.4 Å². The van der Waals surface area contributed by atoms with Gasteiger partial charge in [0.15, 0.2) is 0 Å². The van der Waals surface area contributed by atoms with Crippen molar-refractivity contribution in [2.75, 3.05) is 11.9 Å². The predicted octanol–water partition coefficient (Wildman–Crippen LogP) is 3.72. The third-order valence-corrected chi connectivity index (χ3v) is 7.71. The first kappa shape index (κ1) is 18.4. The van der Waals surface area contributed by atoms with Crippen molar-refractivity contribution in [3.8, 4) is 0 Å². The Hall–Kier alpha value is -1.92. The fourth-order valence-electron chi connectivity index (χ4n) is 4.69. The van der Waals surface area contributed by atoms with E-state index in [2.05, 4.69) is 31.1 Å². The molecule has 27 heavy (non-hydrogen) atoms. The Morgan fingerprint density at radius 2 is 1.63 bits per heavy atom. The molecule has 1 fully saturated rings. The quantitative estimate of drug-likeness (QED) is 0.797. The monoisotopic (exact) mass is 388 g/mol. The van der Waals surface area contributed by atoms with Crippen LogP contribution in [-0.4, -0.2) is 33.6 Å². The van der Waals surface area contributed by atoms with Crippen molar-refractivity contribution in [3.63, 3.8) is 0 Å². The number of nitrogens with one attached hydrogen (secondary N) is 1. The zero-order chi connectivity index (χ0) is 19.3. The third kappa shape index (κ3) is 3.15. The molecule has 0 aromatic heterocycles. The number of sulfone groups is 1. The standard InChI is InChI=1S/C21H25FN2O2S/c1-13-10-18-19-12-17(27(25,26)16-6-4-15(22)5-7-16)8-9-20(19)24(3)21(18)11-14(2)23-13/h4-9,12-14,18,21,23H,10-11H2,1-3H3/t13?,14?,18?,21-/m1/s1. The van der Waals surface area contributed by atoms with Crippen LogP contribution in [0.2, 0.25) is 0 Å². The van der Waals surface area contributed by atoms with Gasteiger partial charge in [-0.3, -0.25) is 0 Å². The summed E-state index contributed by atoms with van der Waals surface area (Å²) in [7, 11) is -1.57. The summed E-state index contributed by atoms with van der Waals surface area (Å²) in [5.41, 5.74) is 2.22. The molecule has 2 heterocycles. The molecule has 4 rings (SSSR count). The van der Waals surface area contributed by atoms with Crippen molar-refractivity contribution in [1.29, 1.82) is 0 Å². The van der Waals surface area contributed by atoms with Crippen LogP contribution in [0, 0.1) is 5.82 Å². The lowest BCUT2D eigenvalue weighted by Gasteiger charge is -2.26. The number of nitrogens with zero attached hydrogens (tertiary/aromatic N) is 1. The van der Waals surface area contributed by atoms with E-state index in [1.165, 1.54) is 24.3 Å². The van der Waals surface area contributed by atoms with Gasteiger partial charge in [0, 0.05) is 36.8 Å². The molecule has 0 spiro atoms. The molecule has 4 atom stereocenters. The SMILES string of the molecule is CC1CC2c3cc(S(=O)(=O)c4ccc(F)cc4)ccc3N(C)[C@@H]2CC(C)N1. The molecule has 0 bridgehead atoms. The molecule has 2 aliphatic rings. The average molecular weight is 389 g/mol. The average Bonchev–Trinajstić information content (AvgIpc) is 2.77. The summed E-state index contributed by atoms with van der Waals surface area (Å²) in [4.78, 5) is 2.70. The van der Waals surface area contributed by atoms with E-state index in [0.29, 0.717) is 24.0 Å². The van der Waals surface area contributed by atoms with Crippen LogP contribution in [0.5, 0.6) is 0 Å². The van der Waals surface area contributed by atoms with Gasteiger partial charge in [-0.2, -0.15) is 0 Å². The fourth-order valence-corrected chi connectivity index (χ4v) is 5.99. The molecule has 2 aromatic carbocycles. The maximum absolute atomic E-state index is 13.2. The third-order valence-electron chi connectivity index (χ3n) is 5.95. The Bertz CT molecular complexity index is 959. The Kier molecular flexibility index (Phi) is 4.51. The van der Waals surface area contributed by atoms with Crippen LogP contribution in [0.25, 0.3) is 0 Å². The summed E-state index contributed by atoms with van der Waals surface area (Å²) in [5, 5.41) is 3.62. The summed E-state index contributed by atoms with van der Waals surface area (Å²) in [6.45, 7) is 4.40. The van der Waals surface area contributed by atoms with Crippen LogP contribution in [0.15, 0.2) is 52.3 Å². The number of anilines is 1. The summed E-state index contributed by atoms with van der Waals surface area (Å²) < 4.78 is 39.2. The Morgan fingerprint density at radius 3 is 2.33 bits per heavy atom. The minimum atomic E-state index is -3.67. The van der Waals surface area contributed by atoms with Crippen molar-refractivity contribution >= 4 is 15.5 Å². The van der Waals surface area contributed by atoms with E-state index in [0.717, 1.165) is 24.1 Å². The van der Waals surface area contributed by atoms with E-state index in [9.17, 15) is 12.8 Å². The van der Waals surface area contributed by atoms with Gasteiger partial charge in [-0.25, -0.2) is 12.8 Å². The Labute approximate surface area is 160 Å². The minimum absolute atomic E-state index is 0.122. The molecule has 0 amide bonds. The maximum atomic E-state index is 13.2. The highest BCUT2D eigenvalue weighted by Crippen LogP contribution is 2.46. The van der Waals surface area contributed by atoms with E-state index in [-0.39, 0.29) is 9.79 Å². The molecule has 0 saturated carbocycles. The molecular weight excluding hydrogens is 363 g/mol. The number of fused-ring (bicyclic) bond motifs is 3. The van der Waals surface area contributed by atoms with Crippen LogP contribution in [0.3, 0.4) is 0 Å². The number of likely N-dealkylation sites (N-methyl/N-ethyl adjacent to an activating group) is 1. The second-order valence-corrected chi connectivity index (χ2v) is 9.85. The molecule has 3 unspecified atom stereocenters.